The summed E-state index contributed by atoms with van der Waals surface area (Å²) in [5.41, 5.74) is 3.73. The fourth-order valence-electron chi connectivity index (χ4n) is 3.63. The number of hydrogen-bond acceptors (Lipinski definition) is 4. The smallest absolute Gasteiger partial charge is 0.202 e. The summed E-state index contributed by atoms with van der Waals surface area (Å²) < 4.78 is 7.20. The SMILES string of the molecule is COc1ccccc1C(=O)c1cn(Cc2cccc(C)c2)c2nc(C)ccc2c1=O. The summed E-state index contributed by atoms with van der Waals surface area (Å²) in [6, 6.07) is 18.6. The molecule has 0 amide bonds. The molecule has 0 saturated carbocycles. The Balaban J connectivity index is 1.93. The molecule has 0 N–H and O–H groups in total. The maximum atomic E-state index is 13.3. The van der Waals surface area contributed by atoms with Crippen molar-refractivity contribution in [2.75, 3.05) is 7.11 Å². The van der Waals surface area contributed by atoms with Crippen LogP contribution in [-0.4, -0.2) is 22.4 Å². The Morgan fingerprint density at radius 2 is 1.80 bits per heavy atom. The van der Waals surface area contributed by atoms with Crippen LogP contribution in [-0.2, 0) is 6.54 Å². The zero-order chi connectivity index (χ0) is 21.3. The molecule has 0 radical (unpaired) electrons. The lowest BCUT2D eigenvalue weighted by Crippen LogP contribution is -2.21. The first-order valence-electron chi connectivity index (χ1n) is 9.72. The third-order valence-corrected chi connectivity index (χ3v) is 5.09. The van der Waals surface area contributed by atoms with Crippen molar-refractivity contribution in [1.82, 2.24) is 9.55 Å². The zero-order valence-corrected chi connectivity index (χ0v) is 17.2. The number of para-hydroxylation sites is 1. The van der Waals surface area contributed by atoms with Gasteiger partial charge in [-0.1, -0.05) is 42.0 Å². The topological polar surface area (TPSA) is 61.2 Å². The minimum atomic E-state index is -0.363. The highest BCUT2D eigenvalue weighted by Gasteiger charge is 2.20. The largest absolute Gasteiger partial charge is 0.496 e. The first kappa shape index (κ1) is 19.6. The predicted molar refractivity (Wildman–Crippen MR) is 117 cm³/mol. The molecule has 0 unspecified atom stereocenters. The third kappa shape index (κ3) is 3.62. The summed E-state index contributed by atoms with van der Waals surface area (Å²) in [5, 5.41) is 0.425. The highest BCUT2D eigenvalue weighted by atomic mass is 16.5. The Kier molecular flexibility index (Phi) is 5.19. The molecule has 150 valence electrons. The first-order valence-corrected chi connectivity index (χ1v) is 9.72. The highest BCUT2D eigenvalue weighted by molar-refractivity contribution is 6.11. The molecule has 4 aromatic rings. The van der Waals surface area contributed by atoms with Gasteiger partial charge in [0.25, 0.3) is 0 Å². The Morgan fingerprint density at radius 3 is 2.57 bits per heavy atom. The second-order valence-corrected chi connectivity index (χ2v) is 7.34. The molecule has 4 rings (SSSR count). The molecular formula is C25H22N2O3. The molecule has 0 aliphatic rings. The summed E-state index contributed by atoms with van der Waals surface area (Å²) >= 11 is 0. The van der Waals surface area contributed by atoms with E-state index < -0.39 is 0 Å². The molecule has 5 heteroatoms. The number of aromatic nitrogens is 2. The number of benzene rings is 2. The number of carbonyl (C=O) groups is 1. The highest BCUT2D eigenvalue weighted by Crippen LogP contribution is 2.22. The van der Waals surface area contributed by atoms with E-state index >= 15 is 0 Å². The maximum Gasteiger partial charge on any atom is 0.202 e. The summed E-state index contributed by atoms with van der Waals surface area (Å²) in [6.45, 7) is 4.42. The van der Waals surface area contributed by atoms with Crippen LogP contribution >= 0.6 is 0 Å². The Labute approximate surface area is 174 Å². The van der Waals surface area contributed by atoms with Crippen molar-refractivity contribution in [2.24, 2.45) is 0 Å². The van der Waals surface area contributed by atoms with Crippen LogP contribution in [0.2, 0.25) is 0 Å². The lowest BCUT2D eigenvalue weighted by Gasteiger charge is -2.14. The molecule has 2 heterocycles. The Hall–Kier alpha value is -3.73. The molecule has 0 aliphatic carbocycles. The van der Waals surface area contributed by atoms with Crippen LogP contribution in [0.15, 0.2) is 71.7 Å². The molecule has 2 aromatic carbocycles. The normalized spacial score (nSPS) is 10.9. The van der Waals surface area contributed by atoms with Crippen molar-refractivity contribution in [2.45, 2.75) is 20.4 Å². The van der Waals surface area contributed by atoms with E-state index in [2.05, 4.69) is 11.1 Å². The van der Waals surface area contributed by atoms with Crippen LogP contribution in [0.5, 0.6) is 5.75 Å². The number of nitrogens with zero attached hydrogens (tertiary/aromatic N) is 2. The van der Waals surface area contributed by atoms with E-state index in [4.69, 9.17) is 4.74 Å². The van der Waals surface area contributed by atoms with Gasteiger partial charge in [-0.15, -0.1) is 0 Å². The third-order valence-electron chi connectivity index (χ3n) is 5.09. The molecule has 2 aromatic heterocycles. The molecular weight excluding hydrogens is 376 g/mol. The minimum Gasteiger partial charge on any atom is -0.496 e. The summed E-state index contributed by atoms with van der Waals surface area (Å²) in [5.74, 6) is 0.0761. The van der Waals surface area contributed by atoms with Gasteiger partial charge in [-0.2, -0.15) is 0 Å². The number of ketones is 1. The van der Waals surface area contributed by atoms with Crippen LogP contribution in [0, 0.1) is 13.8 Å². The van der Waals surface area contributed by atoms with Crippen molar-refractivity contribution in [3.05, 3.63) is 105 Å². The fourth-order valence-corrected chi connectivity index (χ4v) is 3.63. The molecule has 0 bridgehead atoms. The number of pyridine rings is 2. The number of hydrogen-bond donors (Lipinski definition) is 0. The quantitative estimate of drug-likeness (QED) is 0.470. The van der Waals surface area contributed by atoms with E-state index in [1.165, 1.54) is 7.11 Å². The van der Waals surface area contributed by atoms with Gasteiger partial charge in [0.2, 0.25) is 11.2 Å². The summed E-state index contributed by atoms with van der Waals surface area (Å²) in [4.78, 5) is 31.1. The van der Waals surface area contributed by atoms with Crippen molar-refractivity contribution in [3.8, 4) is 5.75 Å². The molecule has 0 saturated heterocycles. The van der Waals surface area contributed by atoms with E-state index in [1.807, 2.05) is 36.6 Å². The van der Waals surface area contributed by atoms with Gasteiger partial charge in [0, 0.05) is 18.4 Å². The fraction of sp³-hybridized carbons (Fsp3) is 0.160. The predicted octanol–water partition coefficient (Wildman–Crippen LogP) is 4.30. The lowest BCUT2D eigenvalue weighted by molar-refractivity contribution is 0.103. The van der Waals surface area contributed by atoms with Crippen LogP contribution in [0.3, 0.4) is 0 Å². The second-order valence-electron chi connectivity index (χ2n) is 7.34. The first-order chi connectivity index (χ1) is 14.5. The summed E-state index contributed by atoms with van der Waals surface area (Å²) in [6.07, 6.45) is 1.62. The van der Waals surface area contributed by atoms with Crippen molar-refractivity contribution in [1.29, 1.82) is 0 Å². The van der Waals surface area contributed by atoms with Gasteiger partial charge in [-0.05, 0) is 43.7 Å². The zero-order valence-electron chi connectivity index (χ0n) is 17.2. The van der Waals surface area contributed by atoms with E-state index in [-0.39, 0.29) is 16.8 Å². The minimum absolute atomic E-state index is 0.102. The number of ether oxygens (including phenoxy) is 1. The van der Waals surface area contributed by atoms with Gasteiger partial charge in [-0.3, -0.25) is 9.59 Å². The average molecular weight is 398 g/mol. The van der Waals surface area contributed by atoms with Gasteiger partial charge < -0.3 is 9.30 Å². The van der Waals surface area contributed by atoms with Crippen LogP contribution in [0.1, 0.15) is 32.7 Å². The van der Waals surface area contributed by atoms with Gasteiger partial charge in [0.15, 0.2) is 0 Å². The number of methoxy groups -OCH3 is 1. The van der Waals surface area contributed by atoms with Crippen LogP contribution < -0.4 is 10.2 Å². The van der Waals surface area contributed by atoms with E-state index in [1.54, 1.807) is 42.6 Å². The van der Waals surface area contributed by atoms with Crippen molar-refractivity contribution in [3.63, 3.8) is 0 Å². The van der Waals surface area contributed by atoms with Gasteiger partial charge >= 0.3 is 0 Å². The van der Waals surface area contributed by atoms with Gasteiger partial charge in [0.05, 0.1) is 23.6 Å². The molecule has 30 heavy (non-hydrogen) atoms. The van der Waals surface area contributed by atoms with E-state index in [9.17, 15) is 9.59 Å². The summed E-state index contributed by atoms with van der Waals surface area (Å²) in [7, 11) is 1.51. The number of rotatable bonds is 5. The van der Waals surface area contributed by atoms with Gasteiger partial charge in [0.1, 0.15) is 11.4 Å². The Morgan fingerprint density at radius 1 is 1.00 bits per heavy atom. The number of aryl methyl sites for hydroxylation is 2. The lowest BCUT2D eigenvalue weighted by atomic mass is 10.0. The number of carbonyl (C=O) groups excluding carboxylic acids is 1. The van der Waals surface area contributed by atoms with Crippen LogP contribution in [0.25, 0.3) is 11.0 Å². The molecule has 0 aliphatic heterocycles. The monoisotopic (exact) mass is 398 g/mol. The molecule has 0 fully saturated rings. The van der Waals surface area contributed by atoms with E-state index in [0.717, 1.165) is 16.8 Å². The molecule has 0 atom stereocenters. The van der Waals surface area contributed by atoms with Crippen molar-refractivity contribution < 1.29 is 9.53 Å². The van der Waals surface area contributed by atoms with Crippen molar-refractivity contribution >= 4 is 16.8 Å². The second kappa shape index (κ2) is 7.95. The standard InChI is InChI=1S/C25H22N2O3/c1-16-7-6-8-18(13-16)14-27-15-21(23(28)19-9-4-5-10-22(19)30-3)24(29)20-12-11-17(2)26-25(20)27/h4-13,15H,14H2,1-3H3. The maximum absolute atomic E-state index is 13.3. The molecule has 5 nitrogen and oxygen atoms in total. The van der Waals surface area contributed by atoms with Crippen LogP contribution in [0.4, 0.5) is 0 Å². The Bertz CT molecular complexity index is 1320. The van der Waals surface area contributed by atoms with Gasteiger partial charge in [-0.25, -0.2) is 4.98 Å². The van der Waals surface area contributed by atoms with E-state index in [0.29, 0.717) is 28.9 Å². The average Bonchev–Trinajstić information content (AvgIpc) is 2.75. The number of fused-ring (bicyclic) bond motifs is 1. The molecule has 0 spiro atoms.